The van der Waals surface area contributed by atoms with Gasteiger partial charge >= 0.3 is 5.97 Å². The number of aromatic amines is 1. The predicted octanol–water partition coefficient (Wildman–Crippen LogP) is 0.382. The number of hydrogen-bond donors (Lipinski definition) is 2. The third kappa shape index (κ3) is 2.22. The van der Waals surface area contributed by atoms with E-state index in [-0.39, 0.29) is 5.75 Å². The Morgan fingerprint density at radius 3 is 3.12 bits per heavy atom. The lowest BCUT2D eigenvalue weighted by atomic mass is 10.4. The summed E-state index contributed by atoms with van der Waals surface area (Å²) in [4.78, 5) is 18.5. The van der Waals surface area contributed by atoms with E-state index in [1.54, 1.807) is 17.1 Å². The van der Waals surface area contributed by atoms with Crippen molar-refractivity contribution in [2.24, 2.45) is 7.05 Å². The van der Waals surface area contributed by atoms with Crippen molar-refractivity contribution in [2.75, 3.05) is 5.75 Å². The summed E-state index contributed by atoms with van der Waals surface area (Å²) in [6.07, 6.45) is 3.31. The molecule has 0 aliphatic carbocycles. The first kappa shape index (κ1) is 10.7. The first-order chi connectivity index (χ1) is 7.66. The summed E-state index contributed by atoms with van der Waals surface area (Å²) in [6.45, 7) is 0. The molecule has 2 rings (SSSR count). The van der Waals surface area contributed by atoms with E-state index in [1.807, 2.05) is 7.05 Å². The maximum absolute atomic E-state index is 10.4. The van der Waals surface area contributed by atoms with Crippen molar-refractivity contribution in [3.63, 3.8) is 0 Å². The van der Waals surface area contributed by atoms with Crippen molar-refractivity contribution in [1.82, 2.24) is 24.7 Å². The molecular formula is C8H9N5O2S. The van der Waals surface area contributed by atoms with Crippen LogP contribution in [-0.2, 0) is 11.8 Å². The summed E-state index contributed by atoms with van der Waals surface area (Å²) in [5.41, 5.74) is 0.801. The fourth-order valence-electron chi connectivity index (χ4n) is 1.14. The third-order valence-electron chi connectivity index (χ3n) is 1.85. The lowest BCUT2D eigenvalue weighted by Crippen LogP contribution is -1.97. The molecule has 0 fully saturated rings. The lowest BCUT2D eigenvalue weighted by Gasteiger charge is -1.94. The number of hydrogen-bond acceptors (Lipinski definition) is 5. The van der Waals surface area contributed by atoms with Crippen LogP contribution in [0.5, 0.6) is 0 Å². The van der Waals surface area contributed by atoms with Crippen LogP contribution in [0.4, 0.5) is 0 Å². The molecular weight excluding hydrogens is 230 g/mol. The summed E-state index contributed by atoms with van der Waals surface area (Å²) in [5.74, 6) is -0.368. The molecule has 0 unspecified atom stereocenters. The lowest BCUT2D eigenvalue weighted by molar-refractivity contribution is -0.133. The standard InChI is InChI=1S/C8H9N5O2S/c1-13-4-9-2-5(13)7-10-8(12-11-7)16-3-6(14)15/h2,4H,3H2,1H3,(H,14,15)(H,10,11,12). The minimum Gasteiger partial charge on any atom is -0.481 e. The molecule has 0 aromatic carbocycles. The number of aliphatic carboxylic acids is 1. The summed E-state index contributed by atoms with van der Waals surface area (Å²) in [5, 5.41) is 15.6. The van der Waals surface area contributed by atoms with Crippen molar-refractivity contribution >= 4 is 17.7 Å². The molecule has 0 spiro atoms. The highest BCUT2D eigenvalue weighted by molar-refractivity contribution is 7.99. The van der Waals surface area contributed by atoms with E-state index in [4.69, 9.17) is 5.11 Å². The summed E-state index contributed by atoms with van der Waals surface area (Å²) in [7, 11) is 1.84. The van der Waals surface area contributed by atoms with Crippen LogP contribution in [0.25, 0.3) is 11.5 Å². The highest BCUT2D eigenvalue weighted by Gasteiger charge is 2.10. The average molecular weight is 239 g/mol. The van der Waals surface area contributed by atoms with Gasteiger partial charge < -0.3 is 9.67 Å². The smallest absolute Gasteiger partial charge is 0.313 e. The van der Waals surface area contributed by atoms with Gasteiger partial charge in [0.2, 0.25) is 5.16 Å². The predicted molar refractivity (Wildman–Crippen MR) is 56.9 cm³/mol. The molecule has 0 aliphatic rings. The van der Waals surface area contributed by atoms with E-state index in [0.29, 0.717) is 11.0 Å². The number of imidazole rings is 1. The van der Waals surface area contributed by atoms with Crippen LogP contribution in [-0.4, -0.2) is 41.6 Å². The Morgan fingerprint density at radius 1 is 1.69 bits per heavy atom. The van der Waals surface area contributed by atoms with Gasteiger partial charge in [-0.05, 0) is 0 Å². The minimum absolute atomic E-state index is 0.0529. The van der Waals surface area contributed by atoms with Gasteiger partial charge in [0.05, 0.1) is 18.3 Å². The molecule has 84 valence electrons. The molecule has 0 bridgehead atoms. The van der Waals surface area contributed by atoms with E-state index in [0.717, 1.165) is 17.5 Å². The number of rotatable bonds is 4. The molecule has 7 nitrogen and oxygen atoms in total. The van der Waals surface area contributed by atoms with Crippen molar-refractivity contribution in [2.45, 2.75) is 5.16 Å². The van der Waals surface area contributed by atoms with Crippen LogP contribution in [0.1, 0.15) is 0 Å². The molecule has 0 saturated heterocycles. The number of aromatic nitrogens is 5. The van der Waals surface area contributed by atoms with E-state index < -0.39 is 5.97 Å². The zero-order valence-electron chi connectivity index (χ0n) is 8.41. The Bertz CT molecular complexity index is 506. The first-order valence-electron chi connectivity index (χ1n) is 4.40. The number of H-pyrrole nitrogens is 1. The van der Waals surface area contributed by atoms with Crippen LogP contribution in [0, 0.1) is 0 Å². The molecule has 2 N–H and O–H groups in total. The normalized spacial score (nSPS) is 10.6. The Hall–Kier alpha value is -1.83. The van der Waals surface area contributed by atoms with Gasteiger partial charge in [0.15, 0.2) is 5.82 Å². The van der Waals surface area contributed by atoms with E-state index in [9.17, 15) is 4.79 Å². The number of nitrogens with one attached hydrogen (secondary N) is 1. The molecule has 8 heteroatoms. The Kier molecular flexibility index (Phi) is 2.91. The Morgan fingerprint density at radius 2 is 2.50 bits per heavy atom. The average Bonchev–Trinajstić information content (AvgIpc) is 2.83. The van der Waals surface area contributed by atoms with Crippen LogP contribution >= 0.6 is 11.8 Å². The van der Waals surface area contributed by atoms with Crippen molar-refractivity contribution in [3.8, 4) is 11.5 Å². The number of nitrogens with zero attached hydrogens (tertiary/aromatic N) is 4. The van der Waals surface area contributed by atoms with E-state index in [2.05, 4.69) is 20.2 Å². The third-order valence-corrected chi connectivity index (χ3v) is 2.68. The Balaban J connectivity index is 2.14. The van der Waals surface area contributed by atoms with Gasteiger partial charge in [-0.3, -0.25) is 9.89 Å². The second kappa shape index (κ2) is 4.35. The minimum atomic E-state index is -0.892. The van der Waals surface area contributed by atoms with Crippen LogP contribution in [0.3, 0.4) is 0 Å². The molecule has 0 saturated carbocycles. The zero-order chi connectivity index (χ0) is 11.5. The van der Waals surface area contributed by atoms with Crippen molar-refractivity contribution in [1.29, 1.82) is 0 Å². The largest absolute Gasteiger partial charge is 0.481 e. The molecule has 0 aliphatic heterocycles. The topological polar surface area (TPSA) is 96.7 Å². The van der Waals surface area contributed by atoms with Crippen molar-refractivity contribution in [3.05, 3.63) is 12.5 Å². The summed E-state index contributed by atoms with van der Waals surface area (Å²) in [6, 6.07) is 0. The maximum Gasteiger partial charge on any atom is 0.313 e. The highest BCUT2D eigenvalue weighted by Crippen LogP contribution is 2.17. The van der Waals surface area contributed by atoms with Crippen LogP contribution < -0.4 is 0 Å². The van der Waals surface area contributed by atoms with Crippen LogP contribution in [0.15, 0.2) is 17.7 Å². The van der Waals surface area contributed by atoms with Crippen LogP contribution in [0.2, 0.25) is 0 Å². The maximum atomic E-state index is 10.4. The molecule has 0 atom stereocenters. The highest BCUT2D eigenvalue weighted by atomic mass is 32.2. The Labute approximate surface area is 94.9 Å². The van der Waals surface area contributed by atoms with E-state index >= 15 is 0 Å². The van der Waals surface area contributed by atoms with Gasteiger partial charge in [0.25, 0.3) is 0 Å². The summed E-state index contributed by atoms with van der Waals surface area (Å²) < 4.78 is 1.80. The molecule has 2 heterocycles. The van der Waals surface area contributed by atoms with Gasteiger partial charge in [-0.2, -0.15) is 4.98 Å². The first-order valence-corrected chi connectivity index (χ1v) is 5.39. The molecule has 0 radical (unpaired) electrons. The second-order valence-corrected chi connectivity index (χ2v) is 3.98. The number of carboxylic acid groups (broad SMARTS) is 1. The molecule has 0 amide bonds. The quantitative estimate of drug-likeness (QED) is 0.749. The van der Waals surface area contributed by atoms with Crippen molar-refractivity contribution < 1.29 is 9.90 Å². The van der Waals surface area contributed by atoms with Gasteiger partial charge in [0, 0.05) is 7.05 Å². The van der Waals surface area contributed by atoms with Gasteiger partial charge in [-0.25, -0.2) is 4.98 Å². The van der Waals surface area contributed by atoms with Gasteiger partial charge in [-0.1, -0.05) is 11.8 Å². The van der Waals surface area contributed by atoms with Gasteiger partial charge in [-0.15, -0.1) is 5.10 Å². The molecule has 16 heavy (non-hydrogen) atoms. The fraction of sp³-hybridized carbons (Fsp3) is 0.250. The fourth-order valence-corrected chi connectivity index (χ4v) is 1.66. The zero-order valence-corrected chi connectivity index (χ0v) is 9.23. The van der Waals surface area contributed by atoms with Gasteiger partial charge in [0.1, 0.15) is 5.69 Å². The SMILES string of the molecule is Cn1cncc1-c1nc(SCC(=O)O)n[nH]1. The summed E-state index contributed by atoms with van der Waals surface area (Å²) >= 11 is 1.07. The molecule has 2 aromatic rings. The number of aryl methyl sites for hydroxylation is 1. The monoisotopic (exact) mass is 239 g/mol. The molecule has 2 aromatic heterocycles. The number of carboxylic acids is 1. The number of thioether (sulfide) groups is 1. The van der Waals surface area contributed by atoms with E-state index in [1.165, 1.54) is 0 Å². The second-order valence-electron chi connectivity index (χ2n) is 3.04. The number of carbonyl (C=O) groups is 1.